The molecule has 0 unspecified atom stereocenters. The highest BCUT2D eigenvalue weighted by atomic mass is 32.1. The van der Waals surface area contributed by atoms with Gasteiger partial charge in [-0.05, 0) is 53.3 Å². The van der Waals surface area contributed by atoms with Gasteiger partial charge in [0, 0.05) is 18.2 Å². The molecule has 3 rings (SSSR count). The molecule has 2 nitrogen and oxygen atoms in total. The smallest absolute Gasteiger partial charge is 0.165 e. The Morgan fingerprint density at radius 2 is 2.24 bits per heavy atom. The number of carbonyl (C=O) groups excluding carboxylic acids is 1. The highest BCUT2D eigenvalue weighted by Gasteiger charge is 2.28. The predicted molar refractivity (Wildman–Crippen MR) is 68.7 cm³/mol. The number of aryl methyl sites for hydroxylation is 1. The topological polar surface area (TPSA) is 30.0 Å². The first-order valence-corrected chi connectivity index (χ1v) is 6.70. The quantitative estimate of drug-likeness (QED) is 0.768. The van der Waals surface area contributed by atoms with E-state index in [2.05, 4.69) is 21.8 Å². The number of fused-ring (bicyclic) bond motifs is 1. The fraction of sp³-hybridized carbons (Fsp3) is 0.286. The Morgan fingerprint density at radius 3 is 3.00 bits per heavy atom. The molecule has 0 saturated heterocycles. The average Bonchev–Trinajstić information content (AvgIpc) is 2.81. The summed E-state index contributed by atoms with van der Waals surface area (Å²) in [6, 6.07) is 4.03. The van der Waals surface area contributed by atoms with Gasteiger partial charge in [-0.1, -0.05) is 0 Å². The Hall–Kier alpha value is -1.48. The van der Waals surface area contributed by atoms with Gasteiger partial charge in [-0.25, -0.2) is 0 Å². The molecule has 0 aliphatic heterocycles. The maximum Gasteiger partial charge on any atom is 0.165 e. The van der Waals surface area contributed by atoms with Crippen molar-refractivity contribution in [2.24, 2.45) is 0 Å². The summed E-state index contributed by atoms with van der Waals surface area (Å²) in [4.78, 5) is 16.5. The van der Waals surface area contributed by atoms with E-state index < -0.39 is 0 Å². The second-order valence-electron chi connectivity index (χ2n) is 4.53. The molecule has 2 heterocycles. The van der Waals surface area contributed by atoms with Crippen molar-refractivity contribution in [2.45, 2.75) is 25.7 Å². The summed E-state index contributed by atoms with van der Waals surface area (Å²) in [5.41, 5.74) is 4.16. The number of aromatic nitrogens is 1. The second kappa shape index (κ2) is 4.08. The van der Waals surface area contributed by atoms with Gasteiger partial charge in [0.15, 0.2) is 5.78 Å². The van der Waals surface area contributed by atoms with Crippen LogP contribution in [0.1, 0.15) is 39.5 Å². The van der Waals surface area contributed by atoms with Gasteiger partial charge in [0.2, 0.25) is 0 Å². The summed E-state index contributed by atoms with van der Waals surface area (Å²) in [5, 5.41) is 4.21. The number of nitrogens with zero attached hydrogens (tertiary/aromatic N) is 1. The van der Waals surface area contributed by atoms with E-state index in [0.717, 1.165) is 23.2 Å². The van der Waals surface area contributed by atoms with E-state index in [9.17, 15) is 4.79 Å². The van der Waals surface area contributed by atoms with Gasteiger partial charge < -0.3 is 0 Å². The van der Waals surface area contributed by atoms with Crippen molar-refractivity contribution in [3.8, 4) is 0 Å². The highest BCUT2D eigenvalue weighted by molar-refractivity contribution is 7.08. The van der Waals surface area contributed by atoms with Crippen LogP contribution in [-0.2, 0) is 6.42 Å². The summed E-state index contributed by atoms with van der Waals surface area (Å²) in [6.45, 7) is 1.99. The molecular weight excluding hydrogens is 230 g/mol. The monoisotopic (exact) mass is 243 g/mol. The maximum absolute atomic E-state index is 12.2. The Balaban J connectivity index is 2.02. The lowest BCUT2D eigenvalue weighted by Crippen LogP contribution is -2.20. The van der Waals surface area contributed by atoms with E-state index in [4.69, 9.17) is 0 Å². The molecule has 2 aromatic heterocycles. The van der Waals surface area contributed by atoms with Crippen molar-refractivity contribution in [2.75, 3.05) is 0 Å². The third kappa shape index (κ3) is 1.80. The zero-order valence-electron chi connectivity index (χ0n) is 9.64. The van der Waals surface area contributed by atoms with E-state index in [1.807, 2.05) is 13.0 Å². The van der Waals surface area contributed by atoms with Crippen molar-refractivity contribution in [3.05, 3.63) is 51.5 Å². The van der Waals surface area contributed by atoms with E-state index in [1.165, 1.54) is 5.56 Å². The lowest BCUT2D eigenvalue weighted by Gasteiger charge is -2.23. The molecule has 0 aromatic carbocycles. The zero-order chi connectivity index (χ0) is 11.8. The highest BCUT2D eigenvalue weighted by Crippen LogP contribution is 2.33. The van der Waals surface area contributed by atoms with Crippen LogP contribution in [-0.4, -0.2) is 10.8 Å². The lowest BCUT2D eigenvalue weighted by atomic mass is 9.81. The number of carbonyl (C=O) groups is 1. The summed E-state index contributed by atoms with van der Waals surface area (Å²) >= 11 is 1.69. The van der Waals surface area contributed by atoms with Gasteiger partial charge in [-0.3, -0.25) is 9.78 Å². The maximum atomic E-state index is 12.2. The minimum Gasteiger partial charge on any atom is -0.294 e. The number of Topliss-reactive ketones (excluding diaryl/α,β-unsaturated/α-hetero) is 1. The summed E-state index contributed by atoms with van der Waals surface area (Å²) < 4.78 is 0. The fourth-order valence-corrected chi connectivity index (χ4v) is 3.27. The lowest BCUT2D eigenvalue weighted by molar-refractivity contribution is 0.0962. The van der Waals surface area contributed by atoms with Crippen LogP contribution in [0.15, 0.2) is 29.1 Å². The minimum absolute atomic E-state index is 0.244. The first kappa shape index (κ1) is 10.7. The largest absolute Gasteiger partial charge is 0.294 e. The molecule has 0 amide bonds. The molecule has 0 bridgehead atoms. The van der Waals surface area contributed by atoms with Gasteiger partial charge in [0.1, 0.15) is 0 Å². The van der Waals surface area contributed by atoms with Crippen molar-refractivity contribution < 1.29 is 4.79 Å². The van der Waals surface area contributed by atoms with E-state index >= 15 is 0 Å². The van der Waals surface area contributed by atoms with Gasteiger partial charge in [-0.2, -0.15) is 11.3 Å². The first-order chi connectivity index (χ1) is 8.25. The molecule has 3 heteroatoms. The number of rotatable bonds is 1. The molecule has 2 aromatic rings. The molecule has 1 aliphatic carbocycles. The van der Waals surface area contributed by atoms with E-state index in [0.29, 0.717) is 12.3 Å². The van der Waals surface area contributed by atoms with Crippen molar-refractivity contribution in [1.82, 2.24) is 4.98 Å². The van der Waals surface area contributed by atoms with Crippen LogP contribution >= 0.6 is 11.3 Å². The predicted octanol–water partition coefficient (Wildman–Crippen LogP) is 3.36. The molecule has 0 fully saturated rings. The zero-order valence-corrected chi connectivity index (χ0v) is 10.5. The molecule has 1 atom stereocenters. The summed E-state index contributed by atoms with van der Waals surface area (Å²) in [5.74, 6) is 0.559. The molecule has 0 spiro atoms. The number of thiophene rings is 1. The Kier molecular flexibility index (Phi) is 2.56. The van der Waals surface area contributed by atoms with Crippen molar-refractivity contribution >= 4 is 17.1 Å². The molecular formula is C14H13NOS. The molecule has 0 radical (unpaired) electrons. The molecule has 0 N–H and O–H groups in total. The number of pyridine rings is 1. The number of ketones is 1. The van der Waals surface area contributed by atoms with Gasteiger partial charge in [0.25, 0.3) is 0 Å². The van der Waals surface area contributed by atoms with Gasteiger partial charge in [0.05, 0.1) is 5.69 Å². The molecule has 1 aliphatic rings. The van der Waals surface area contributed by atoms with E-state index in [-0.39, 0.29) is 5.78 Å². The average molecular weight is 243 g/mol. The van der Waals surface area contributed by atoms with Crippen molar-refractivity contribution in [1.29, 1.82) is 0 Å². The van der Waals surface area contributed by atoms with Crippen LogP contribution in [0.3, 0.4) is 0 Å². The third-order valence-corrected chi connectivity index (χ3v) is 4.10. The molecule has 17 heavy (non-hydrogen) atoms. The van der Waals surface area contributed by atoms with Gasteiger partial charge in [-0.15, -0.1) is 0 Å². The van der Waals surface area contributed by atoms with Gasteiger partial charge >= 0.3 is 0 Å². The fourth-order valence-electron chi connectivity index (χ4n) is 2.52. The van der Waals surface area contributed by atoms with Crippen LogP contribution in [0.25, 0.3) is 0 Å². The SMILES string of the molecule is Cc1ccnc2c1C(=O)C[C@H](c1ccsc1)C2. The second-order valence-corrected chi connectivity index (χ2v) is 5.31. The Morgan fingerprint density at radius 1 is 1.35 bits per heavy atom. The third-order valence-electron chi connectivity index (χ3n) is 3.40. The first-order valence-electron chi connectivity index (χ1n) is 5.75. The van der Waals surface area contributed by atoms with Crippen LogP contribution in [0.5, 0.6) is 0 Å². The van der Waals surface area contributed by atoms with Crippen LogP contribution in [0.4, 0.5) is 0 Å². The minimum atomic E-state index is 0.244. The summed E-state index contributed by atoms with van der Waals surface area (Å²) in [6.07, 6.45) is 3.31. The Labute approximate surface area is 104 Å². The Bertz CT molecular complexity index is 560. The molecule has 0 saturated carbocycles. The number of hydrogen-bond acceptors (Lipinski definition) is 3. The van der Waals surface area contributed by atoms with Crippen molar-refractivity contribution in [3.63, 3.8) is 0 Å². The van der Waals surface area contributed by atoms with Crippen LogP contribution in [0, 0.1) is 6.92 Å². The van der Waals surface area contributed by atoms with Crippen LogP contribution in [0.2, 0.25) is 0 Å². The normalized spacial score (nSPS) is 19.1. The van der Waals surface area contributed by atoms with Crippen LogP contribution < -0.4 is 0 Å². The summed E-state index contributed by atoms with van der Waals surface area (Å²) in [7, 11) is 0. The number of hydrogen-bond donors (Lipinski definition) is 0. The standard InChI is InChI=1S/C14H13NOS/c1-9-2-4-15-12-6-11(7-13(16)14(9)12)10-3-5-17-8-10/h2-5,8,11H,6-7H2,1H3/t11-/m1/s1. The van der Waals surface area contributed by atoms with E-state index in [1.54, 1.807) is 17.5 Å². The molecule has 86 valence electrons.